The number of hydrogen-bond acceptors (Lipinski definition) is 6. The molecule has 5 aliphatic rings. The van der Waals surface area contributed by atoms with Crippen molar-refractivity contribution in [3.63, 3.8) is 0 Å². The van der Waals surface area contributed by atoms with Crippen molar-refractivity contribution in [3.05, 3.63) is 22.8 Å². The maximum Gasteiger partial charge on any atom is 0.309 e. The van der Waals surface area contributed by atoms with Crippen LogP contribution in [0.2, 0.25) is 0 Å². The zero-order valence-corrected chi connectivity index (χ0v) is 25.3. The van der Waals surface area contributed by atoms with Crippen LogP contribution in [0.5, 0.6) is 11.5 Å². The topological polar surface area (TPSA) is 102 Å². The van der Waals surface area contributed by atoms with Crippen LogP contribution in [0, 0.1) is 34.5 Å². The van der Waals surface area contributed by atoms with Crippen molar-refractivity contribution in [2.75, 3.05) is 0 Å². The number of ether oxygens (including phenoxy) is 3. The average molecular weight is 553 g/mol. The van der Waals surface area contributed by atoms with Crippen LogP contribution in [0.4, 0.5) is 0 Å². The van der Waals surface area contributed by atoms with E-state index in [4.69, 9.17) is 14.2 Å². The van der Waals surface area contributed by atoms with E-state index < -0.39 is 23.3 Å². The summed E-state index contributed by atoms with van der Waals surface area (Å²) in [5.41, 5.74) is 1.56. The molecule has 3 unspecified atom stereocenters. The summed E-state index contributed by atoms with van der Waals surface area (Å²) in [7, 11) is 0. The average Bonchev–Trinajstić information content (AvgIpc) is 3.61. The van der Waals surface area contributed by atoms with Gasteiger partial charge >= 0.3 is 17.9 Å². The molecule has 218 valence electrons. The van der Waals surface area contributed by atoms with E-state index in [0.717, 1.165) is 55.2 Å². The summed E-state index contributed by atoms with van der Waals surface area (Å²) in [6.07, 6.45) is 7.13. The molecule has 0 aromatic heterocycles. The third-order valence-corrected chi connectivity index (χ3v) is 13.1. The number of rotatable bonds is 3. The SMILES string of the molecule is CC(=O)Oc1cc2c(c(C)c1OC(C)=O)CC1OC13[C@@]2(C)CC[C@@]1(C)C2C[C@](C)(C(=O)O)CC[C@]2(C)CC[C@]31C. The Kier molecular flexibility index (Phi) is 5.63. The smallest absolute Gasteiger partial charge is 0.309 e. The van der Waals surface area contributed by atoms with Gasteiger partial charge in [-0.2, -0.15) is 0 Å². The largest absolute Gasteiger partial charge is 0.481 e. The van der Waals surface area contributed by atoms with Crippen LogP contribution in [0.3, 0.4) is 0 Å². The Labute approximate surface area is 237 Å². The Morgan fingerprint density at radius 2 is 1.57 bits per heavy atom. The fourth-order valence-corrected chi connectivity index (χ4v) is 10.5. The van der Waals surface area contributed by atoms with Gasteiger partial charge in [0.1, 0.15) is 5.60 Å². The molecule has 0 radical (unpaired) electrons. The second-order valence-corrected chi connectivity index (χ2v) is 14.9. The monoisotopic (exact) mass is 552 g/mol. The normalized spacial score (nSPS) is 44.6. The van der Waals surface area contributed by atoms with E-state index in [-0.39, 0.29) is 39.1 Å². The molecule has 0 amide bonds. The van der Waals surface area contributed by atoms with Crippen molar-refractivity contribution in [2.24, 2.45) is 27.6 Å². The van der Waals surface area contributed by atoms with E-state index in [1.54, 1.807) is 0 Å². The van der Waals surface area contributed by atoms with Crippen LogP contribution in [0.25, 0.3) is 0 Å². The van der Waals surface area contributed by atoms with E-state index in [1.165, 1.54) is 13.8 Å². The zero-order valence-electron chi connectivity index (χ0n) is 25.3. The quantitative estimate of drug-likeness (QED) is 0.267. The van der Waals surface area contributed by atoms with Crippen molar-refractivity contribution in [1.29, 1.82) is 0 Å². The number of carbonyl (C=O) groups excluding carboxylic acids is 2. The van der Waals surface area contributed by atoms with E-state index in [2.05, 4.69) is 27.7 Å². The van der Waals surface area contributed by atoms with Gasteiger partial charge in [-0.3, -0.25) is 14.4 Å². The summed E-state index contributed by atoms with van der Waals surface area (Å²) in [5.74, 6) is -0.695. The number of epoxide rings is 1. The maximum absolute atomic E-state index is 12.4. The first kappa shape index (κ1) is 27.7. The van der Waals surface area contributed by atoms with E-state index in [0.29, 0.717) is 24.5 Å². The molecule has 1 N–H and O–H groups in total. The minimum absolute atomic E-state index is 0.0388. The van der Waals surface area contributed by atoms with Crippen molar-refractivity contribution in [3.8, 4) is 11.5 Å². The first-order valence-corrected chi connectivity index (χ1v) is 14.9. The third kappa shape index (κ3) is 3.19. The Hall–Kier alpha value is -2.41. The molecule has 4 aliphatic carbocycles. The number of carboxylic acid groups (broad SMARTS) is 1. The molecule has 1 saturated heterocycles. The second-order valence-electron chi connectivity index (χ2n) is 14.9. The zero-order chi connectivity index (χ0) is 29.3. The van der Waals surface area contributed by atoms with E-state index in [1.807, 2.05) is 19.9 Å². The highest BCUT2D eigenvalue weighted by atomic mass is 16.6. The first-order valence-electron chi connectivity index (χ1n) is 14.9. The van der Waals surface area contributed by atoms with Gasteiger partial charge in [0.05, 0.1) is 11.5 Å². The first-order chi connectivity index (χ1) is 18.5. The molecule has 1 heterocycles. The summed E-state index contributed by atoms with van der Waals surface area (Å²) in [5, 5.41) is 10.2. The Balaban J connectivity index is 1.49. The molecule has 3 saturated carbocycles. The summed E-state index contributed by atoms with van der Waals surface area (Å²) >= 11 is 0. The minimum atomic E-state index is -0.698. The van der Waals surface area contributed by atoms with Gasteiger partial charge in [-0.1, -0.05) is 27.7 Å². The third-order valence-electron chi connectivity index (χ3n) is 13.1. The highest BCUT2D eigenvalue weighted by Gasteiger charge is 2.84. The lowest BCUT2D eigenvalue weighted by molar-refractivity contribution is -0.217. The lowest BCUT2D eigenvalue weighted by Gasteiger charge is -2.71. The summed E-state index contributed by atoms with van der Waals surface area (Å²) in [6.45, 7) is 16.2. The fraction of sp³-hybridized carbons (Fsp3) is 0.727. The number of hydrogen-bond donors (Lipinski definition) is 1. The van der Waals surface area contributed by atoms with E-state index in [9.17, 15) is 19.5 Å². The fourth-order valence-electron chi connectivity index (χ4n) is 10.5. The Bertz CT molecular complexity index is 1350. The molecule has 7 heteroatoms. The number of aliphatic carboxylic acids is 1. The number of carbonyl (C=O) groups is 3. The van der Waals surface area contributed by atoms with Crippen LogP contribution >= 0.6 is 0 Å². The molecular formula is C33H44O7. The van der Waals surface area contributed by atoms with Crippen LogP contribution in [-0.2, 0) is 31.0 Å². The lowest BCUT2D eigenvalue weighted by Crippen LogP contribution is -2.70. The summed E-state index contributed by atoms with van der Waals surface area (Å²) < 4.78 is 18.2. The predicted octanol–water partition coefficient (Wildman–Crippen LogP) is 6.29. The van der Waals surface area contributed by atoms with Crippen LogP contribution < -0.4 is 9.47 Å². The van der Waals surface area contributed by atoms with Gasteiger partial charge in [0.15, 0.2) is 11.5 Å². The van der Waals surface area contributed by atoms with Gasteiger partial charge in [0.25, 0.3) is 0 Å². The number of esters is 2. The van der Waals surface area contributed by atoms with Crippen LogP contribution in [0.15, 0.2) is 6.07 Å². The summed E-state index contributed by atoms with van der Waals surface area (Å²) in [4.78, 5) is 36.5. The molecule has 6 rings (SSSR count). The lowest BCUT2D eigenvalue weighted by atomic mass is 9.32. The van der Waals surface area contributed by atoms with Gasteiger partial charge in [-0.05, 0) is 98.3 Å². The molecule has 1 aromatic rings. The number of fused-ring (bicyclic) bond motifs is 5. The van der Waals surface area contributed by atoms with Crippen molar-refractivity contribution >= 4 is 17.9 Å². The van der Waals surface area contributed by atoms with Gasteiger partial charge in [0, 0.05) is 31.1 Å². The predicted molar refractivity (Wildman–Crippen MR) is 148 cm³/mol. The number of benzene rings is 1. The maximum atomic E-state index is 12.4. The van der Waals surface area contributed by atoms with Crippen molar-refractivity contribution < 1.29 is 33.7 Å². The molecule has 7 nitrogen and oxygen atoms in total. The van der Waals surface area contributed by atoms with Crippen LogP contribution in [0.1, 0.15) is 110 Å². The molecule has 40 heavy (non-hydrogen) atoms. The van der Waals surface area contributed by atoms with Gasteiger partial charge in [-0.25, -0.2) is 0 Å². The molecule has 1 spiro atoms. The van der Waals surface area contributed by atoms with Crippen LogP contribution in [-0.4, -0.2) is 34.7 Å². The van der Waals surface area contributed by atoms with Crippen molar-refractivity contribution in [2.45, 2.75) is 124 Å². The highest BCUT2D eigenvalue weighted by molar-refractivity contribution is 5.76. The minimum Gasteiger partial charge on any atom is -0.481 e. The molecule has 4 fully saturated rings. The van der Waals surface area contributed by atoms with Gasteiger partial charge < -0.3 is 19.3 Å². The Morgan fingerprint density at radius 3 is 2.20 bits per heavy atom. The van der Waals surface area contributed by atoms with Gasteiger partial charge in [0.2, 0.25) is 0 Å². The summed E-state index contributed by atoms with van der Waals surface area (Å²) in [6, 6.07) is 1.93. The molecule has 0 bridgehead atoms. The second kappa shape index (κ2) is 8.11. The Morgan fingerprint density at radius 1 is 0.925 bits per heavy atom. The molecule has 1 aliphatic heterocycles. The standard InChI is InChI=1S/C33H44O7/c1-18-21-15-25-33(40-25)30(6,22(21)16-23(38-19(2)34)26(18)39-20(3)35)12-13-31(7)24-17-29(5,27(36)37)10-9-28(24,4)11-14-32(31,33)8/h16,24-25H,9-15,17H2,1-8H3,(H,36,37)/t24?,25?,28-,29-,30+,31+,32+,33?/m1/s1. The van der Waals surface area contributed by atoms with Crippen molar-refractivity contribution in [1.82, 2.24) is 0 Å². The van der Waals surface area contributed by atoms with Gasteiger partial charge in [-0.15, -0.1) is 0 Å². The molecule has 8 atom stereocenters. The molecular weight excluding hydrogens is 508 g/mol. The molecule has 1 aromatic carbocycles. The van der Waals surface area contributed by atoms with E-state index >= 15 is 0 Å². The number of carboxylic acids is 1. The highest BCUT2D eigenvalue weighted by Crippen LogP contribution is 2.81.